The number of nitrogens with zero attached hydrogens (tertiary/aromatic N) is 2. The molecular weight excluding hydrogens is 326 g/mol. The van der Waals surface area contributed by atoms with Gasteiger partial charge in [-0.15, -0.1) is 0 Å². The fourth-order valence-electron chi connectivity index (χ4n) is 2.49. The number of rotatable bonds is 3. The van der Waals surface area contributed by atoms with E-state index >= 15 is 0 Å². The molecule has 0 aliphatic carbocycles. The minimum atomic E-state index is -3.10. The Kier molecular flexibility index (Phi) is 3.92. The van der Waals surface area contributed by atoms with Crippen LogP contribution in [0.4, 0.5) is 5.69 Å². The van der Waals surface area contributed by atoms with Gasteiger partial charge < -0.3 is 5.32 Å². The van der Waals surface area contributed by atoms with E-state index in [2.05, 4.69) is 10.4 Å². The summed E-state index contributed by atoms with van der Waals surface area (Å²) in [6.45, 7) is 0. The molecule has 22 heavy (non-hydrogen) atoms. The Hall–Kier alpha value is -1.86. The number of halogens is 1. The molecule has 0 spiro atoms. The summed E-state index contributed by atoms with van der Waals surface area (Å²) in [6, 6.07) is 6.88. The third-order valence-corrected chi connectivity index (χ3v) is 5.65. The van der Waals surface area contributed by atoms with E-state index in [9.17, 15) is 13.2 Å². The summed E-state index contributed by atoms with van der Waals surface area (Å²) in [6.07, 6.45) is 3.68. The second-order valence-corrected chi connectivity index (χ2v) is 7.81. The maximum Gasteiger partial charge on any atom is 0.228 e. The highest BCUT2D eigenvalue weighted by Gasteiger charge is 2.33. The SMILES string of the molecule is O=C(Nc1cccc(Cl)c1-n1cccn1)[C@H]1CCS(=O)(=O)C1. The number of para-hydroxylation sites is 1. The Morgan fingerprint density at radius 1 is 1.36 bits per heavy atom. The molecular formula is C14H14ClN3O3S. The summed E-state index contributed by atoms with van der Waals surface area (Å²) in [5, 5.41) is 7.34. The lowest BCUT2D eigenvalue weighted by Gasteiger charge is -2.14. The van der Waals surface area contributed by atoms with Crippen LogP contribution in [0.3, 0.4) is 0 Å². The molecule has 2 heterocycles. The predicted molar refractivity (Wildman–Crippen MR) is 84.0 cm³/mol. The molecule has 8 heteroatoms. The van der Waals surface area contributed by atoms with E-state index in [4.69, 9.17) is 11.6 Å². The Labute approximate surface area is 133 Å². The molecule has 0 bridgehead atoms. The molecule has 1 saturated heterocycles. The zero-order valence-corrected chi connectivity index (χ0v) is 13.1. The summed E-state index contributed by atoms with van der Waals surface area (Å²) in [5.74, 6) is -0.866. The number of hydrogen-bond donors (Lipinski definition) is 1. The molecule has 1 aliphatic heterocycles. The maximum atomic E-state index is 12.3. The van der Waals surface area contributed by atoms with Gasteiger partial charge in [-0.1, -0.05) is 17.7 Å². The van der Waals surface area contributed by atoms with Crippen molar-refractivity contribution in [3.05, 3.63) is 41.7 Å². The zero-order valence-electron chi connectivity index (χ0n) is 11.6. The van der Waals surface area contributed by atoms with E-state index in [-0.39, 0.29) is 17.4 Å². The maximum absolute atomic E-state index is 12.3. The first kappa shape index (κ1) is 15.1. The summed E-state index contributed by atoms with van der Waals surface area (Å²) in [4.78, 5) is 12.3. The van der Waals surface area contributed by atoms with Crippen molar-refractivity contribution in [1.29, 1.82) is 0 Å². The minimum absolute atomic E-state index is 0.0621. The highest BCUT2D eigenvalue weighted by atomic mass is 35.5. The topological polar surface area (TPSA) is 81.1 Å². The molecule has 1 aromatic carbocycles. The van der Waals surface area contributed by atoms with Crippen LogP contribution in [0.25, 0.3) is 5.69 Å². The Morgan fingerprint density at radius 2 is 2.18 bits per heavy atom. The second kappa shape index (κ2) is 5.73. The Morgan fingerprint density at radius 3 is 2.82 bits per heavy atom. The van der Waals surface area contributed by atoms with Gasteiger partial charge in [0, 0.05) is 12.4 Å². The van der Waals surface area contributed by atoms with E-state index in [1.807, 2.05) is 0 Å². The smallest absolute Gasteiger partial charge is 0.228 e. The predicted octanol–water partition coefficient (Wildman–Crippen LogP) is 1.90. The van der Waals surface area contributed by atoms with Crippen molar-refractivity contribution in [3.63, 3.8) is 0 Å². The average Bonchev–Trinajstić information content (AvgIpc) is 3.08. The van der Waals surface area contributed by atoms with Crippen molar-refractivity contribution >= 4 is 33.0 Å². The fourth-order valence-corrected chi connectivity index (χ4v) is 4.49. The van der Waals surface area contributed by atoms with E-state index in [1.165, 1.54) is 0 Å². The van der Waals surface area contributed by atoms with Crippen LogP contribution in [0.15, 0.2) is 36.7 Å². The van der Waals surface area contributed by atoms with Crippen molar-refractivity contribution < 1.29 is 13.2 Å². The van der Waals surface area contributed by atoms with Crippen LogP contribution >= 0.6 is 11.6 Å². The Balaban J connectivity index is 1.87. The standard InChI is InChI=1S/C14H14ClN3O3S/c15-11-3-1-4-12(13(11)18-7-2-6-16-18)17-14(19)10-5-8-22(20,21)9-10/h1-4,6-7,10H,5,8-9H2,(H,17,19)/t10-/m0/s1. The largest absolute Gasteiger partial charge is 0.324 e. The molecule has 1 atom stereocenters. The molecule has 0 saturated carbocycles. The quantitative estimate of drug-likeness (QED) is 0.926. The lowest BCUT2D eigenvalue weighted by Crippen LogP contribution is -2.24. The van der Waals surface area contributed by atoms with Crippen molar-refractivity contribution in [3.8, 4) is 5.69 Å². The summed E-state index contributed by atoms with van der Waals surface area (Å²) < 4.78 is 24.5. The molecule has 0 unspecified atom stereocenters. The van der Waals surface area contributed by atoms with Crippen LogP contribution in [0, 0.1) is 5.92 Å². The van der Waals surface area contributed by atoms with Crippen LogP contribution in [0.2, 0.25) is 5.02 Å². The molecule has 1 amide bonds. The minimum Gasteiger partial charge on any atom is -0.324 e. The second-order valence-electron chi connectivity index (χ2n) is 5.18. The number of aromatic nitrogens is 2. The van der Waals surface area contributed by atoms with Gasteiger partial charge in [0.25, 0.3) is 0 Å². The molecule has 116 valence electrons. The van der Waals surface area contributed by atoms with Gasteiger partial charge in [0.2, 0.25) is 5.91 Å². The molecule has 2 aromatic rings. The van der Waals surface area contributed by atoms with Gasteiger partial charge in [-0.25, -0.2) is 13.1 Å². The van der Waals surface area contributed by atoms with Gasteiger partial charge in [0.05, 0.1) is 28.1 Å². The van der Waals surface area contributed by atoms with E-state index in [0.29, 0.717) is 22.8 Å². The first-order valence-corrected chi connectivity index (χ1v) is 8.96. The first-order valence-electron chi connectivity index (χ1n) is 6.76. The normalized spacial score (nSPS) is 20.0. The number of sulfone groups is 1. The van der Waals surface area contributed by atoms with Crippen LogP contribution < -0.4 is 5.32 Å². The lowest BCUT2D eigenvalue weighted by molar-refractivity contribution is -0.119. The van der Waals surface area contributed by atoms with Crippen molar-refractivity contribution in [1.82, 2.24) is 9.78 Å². The summed E-state index contributed by atoms with van der Waals surface area (Å²) in [7, 11) is -3.10. The van der Waals surface area contributed by atoms with Gasteiger partial charge in [0.15, 0.2) is 9.84 Å². The average molecular weight is 340 g/mol. The molecule has 1 aromatic heterocycles. The number of nitrogens with one attached hydrogen (secondary N) is 1. The monoisotopic (exact) mass is 339 g/mol. The number of anilines is 1. The van der Waals surface area contributed by atoms with Crippen LogP contribution in [-0.4, -0.2) is 35.6 Å². The number of benzene rings is 1. The van der Waals surface area contributed by atoms with E-state index in [1.54, 1.807) is 41.3 Å². The van der Waals surface area contributed by atoms with Crippen molar-refractivity contribution in [2.45, 2.75) is 6.42 Å². The van der Waals surface area contributed by atoms with Gasteiger partial charge in [-0.2, -0.15) is 5.10 Å². The molecule has 6 nitrogen and oxygen atoms in total. The number of carbonyl (C=O) groups is 1. The van der Waals surface area contributed by atoms with Crippen LogP contribution in [-0.2, 0) is 14.6 Å². The van der Waals surface area contributed by atoms with E-state index < -0.39 is 15.8 Å². The summed E-state index contributed by atoms with van der Waals surface area (Å²) in [5.41, 5.74) is 1.06. The highest BCUT2D eigenvalue weighted by molar-refractivity contribution is 7.91. The zero-order chi connectivity index (χ0) is 15.7. The van der Waals surface area contributed by atoms with Gasteiger partial charge in [-0.05, 0) is 24.6 Å². The summed E-state index contributed by atoms with van der Waals surface area (Å²) >= 11 is 6.20. The van der Waals surface area contributed by atoms with Gasteiger partial charge in [0.1, 0.15) is 5.69 Å². The highest BCUT2D eigenvalue weighted by Crippen LogP contribution is 2.29. The first-order chi connectivity index (χ1) is 10.5. The lowest BCUT2D eigenvalue weighted by atomic mass is 10.1. The van der Waals surface area contributed by atoms with Gasteiger partial charge >= 0.3 is 0 Å². The molecule has 1 N–H and O–H groups in total. The molecule has 0 radical (unpaired) electrons. The van der Waals surface area contributed by atoms with E-state index in [0.717, 1.165) is 0 Å². The third-order valence-electron chi connectivity index (χ3n) is 3.58. The number of amides is 1. The van der Waals surface area contributed by atoms with Gasteiger partial charge in [-0.3, -0.25) is 4.79 Å². The number of hydrogen-bond acceptors (Lipinski definition) is 4. The third kappa shape index (κ3) is 3.00. The van der Waals surface area contributed by atoms with Crippen molar-refractivity contribution in [2.75, 3.05) is 16.8 Å². The number of carbonyl (C=O) groups excluding carboxylic acids is 1. The molecule has 3 rings (SSSR count). The molecule has 1 aliphatic rings. The van der Waals surface area contributed by atoms with Crippen molar-refractivity contribution in [2.24, 2.45) is 5.92 Å². The Bertz CT molecular complexity index is 803. The molecule has 1 fully saturated rings. The fraction of sp³-hybridized carbons (Fsp3) is 0.286. The van der Waals surface area contributed by atoms with Crippen LogP contribution in [0.5, 0.6) is 0 Å². The van der Waals surface area contributed by atoms with Crippen LogP contribution in [0.1, 0.15) is 6.42 Å².